The molecule has 0 saturated carbocycles. The molecule has 0 aliphatic rings. The third kappa shape index (κ3) is 8.73. The quantitative estimate of drug-likeness (QED) is 0.298. The lowest BCUT2D eigenvalue weighted by Gasteiger charge is -2.34. The molecule has 0 saturated heterocycles. The summed E-state index contributed by atoms with van der Waals surface area (Å²) >= 11 is 0. The van der Waals surface area contributed by atoms with Gasteiger partial charge < -0.3 is 25.4 Å². The highest BCUT2D eigenvalue weighted by Crippen LogP contribution is 2.30. The average molecular weight is 544 g/mol. The monoisotopic (exact) mass is 543 g/mol. The van der Waals surface area contributed by atoms with Gasteiger partial charge in [-0.1, -0.05) is 84.9 Å². The predicted molar refractivity (Wildman–Crippen MR) is 154 cm³/mol. The van der Waals surface area contributed by atoms with Crippen LogP contribution in [0.25, 0.3) is 0 Å². The first kappa shape index (κ1) is 30.0. The molecular formula is C32H37N3O5. The summed E-state index contributed by atoms with van der Waals surface area (Å²) < 4.78 is 5.43. The maximum atomic E-state index is 14.2. The highest BCUT2D eigenvalue weighted by Gasteiger charge is 2.37. The van der Waals surface area contributed by atoms with Gasteiger partial charge in [-0.05, 0) is 38.0 Å². The third-order valence-corrected chi connectivity index (χ3v) is 5.98. The molecule has 8 heteroatoms. The SMILES string of the molecule is C=CCN(C(=O)C(Cc1ccccc1)NC(=O)OC(C)(C)C)C(C(=O)NCc1ccccc1)c1ccccc1O. The maximum Gasteiger partial charge on any atom is 0.408 e. The van der Waals surface area contributed by atoms with Crippen molar-refractivity contribution in [3.05, 3.63) is 114 Å². The van der Waals surface area contributed by atoms with Gasteiger partial charge >= 0.3 is 6.09 Å². The first-order valence-corrected chi connectivity index (χ1v) is 13.1. The normalized spacial score (nSPS) is 12.5. The van der Waals surface area contributed by atoms with Crippen molar-refractivity contribution in [2.75, 3.05) is 6.54 Å². The fourth-order valence-electron chi connectivity index (χ4n) is 4.21. The van der Waals surface area contributed by atoms with Crippen LogP contribution in [0.2, 0.25) is 0 Å². The zero-order valence-electron chi connectivity index (χ0n) is 23.2. The van der Waals surface area contributed by atoms with E-state index in [1.807, 2.05) is 60.7 Å². The summed E-state index contributed by atoms with van der Waals surface area (Å²) in [4.78, 5) is 42.0. The molecular weight excluding hydrogens is 506 g/mol. The van der Waals surface area contributed by atoms with Gasteiger partial charge in [0.2, 0.25) is 11.8 Å². The van der Waals surface area contributed by atoms with Crippen LogP contribution in [0.5, 0.6) is 5.75 Å². The lowest BCUT2D eigenvalue weighted by Crippen LogP contribution is -2.53. The van der Waals surface area contributed by atoms with Crippen molar-refractivity contribution in [3.8, 4) is 5.75 Å². The molecule has 0 fully saturated rings. The second-order valence-corrected chi connectivity index (χ2v) is 10.3. The summed E-state index contributed by atoms with van der Waals surface area (Å²) in [5.74, 6) is -1.15. The van der Waals surface area contributed by atoms with Gasteiger partial charge in [0.25, 0.3) is 0 Å². The number of carbonyl (C=O) groups excluding carboxylic acids is 3. The number of hydrogen-bond acceptors (Lipinski definition) is 5. The van der Waals surface area contributed by atoms with Crippen molar-refractivity contribution in [1.29, 1.82) is 0 Å². The summed E-state index contributed by atoms with van der Waals surface area (Å²) in [7, 11) is 0. The van der Waals surface area contributed by atoms with E-state index in [1.165, 1.54) is 17.0 Å². The molecule has 0 bridgehead atoms. The van der Waals surface area contributed by atoms with E-state index in [-0.39, 0.29) is 30.8 Å². The van der Waals surface area contributed by atoms with Crippen LogP contribution in [0.15, 0.2) is 97.6 Å². The van der Waals surface area contributed by atoms with E-state index in [0.29, 0.717) is 0 Å². The summed E-state index contributed by atoms with van der Waals surface area (Å²) in [6, 6.07) is 22.7. The Morgan fingerprint density at radius 3 is 2.08 bits per heavy atom. The predicted octanol–water partition coefficient (Wildman–Crippen LogP) is 4.90. The number of alkyl carbamates (subject to hydrolysis) is 1. The van der Waals surface area contributed by atoms with Crippen LogP contribution in [0, 0.1) is 0 Å². The molecule has 0 aromatic heterocycles. The smallest absolute Gasteiger partial charge is 0.408 e. The van der Waals surface area contributed by atoms with Gasteiger partial charge in [-0.25, -0.2) is 4.79 Å². The zero-order valence-corrected chi connectivity index (χ0v) is 23.2. The Bertz CT molecular complexity index is 1290. The van der Waals surface area contributed by atoms with Crippen molar-refractivity contribution in [1.82, 2.24) is 15.5 Å². The number of nitrogens with one attached hydrogen (secondary N) is 2. The van der Waals surface area contributed by atoms with Crippen LogP contribution in [0.4, 0.5) is 4.79 Å². The summed E-state index contributed by atoms with van der Waals surface area (Å²) in [5.41, 5.74) is 1.16. The van der Waals surface area contributed by atoms with Crippen molar-refractivity contribution in [2.45, 2.75) is 51.4 Å². The number of para-hydroxylation sites is 1. The van der Waals surface area contributed by atoms with Gasteiger partial charge in [-0.15, -0.1) is 6.58 Å². The Labute approximate surface area is 235 Å². The van der Waals surface area contributed by atoms with Crippen LogP contribution < -0.4 is 10.6 Å². The minimum atomic E-state index is -1.20. The molecule has 3 amide bonds. The second-order valence-electron chi connectivity index (χ2n) is 10.3. The van der Waals surface area contributed by atoms with Crippen LogP contribution in [-0.4, -0.2) is 46.1 Å². The van der Waals surface area contributed by atoms with E-state index in [9.17, 15) is 19.5 Å². The molecule has 0 radical (unpaired) electrons. The molecule has 8 nitrogen and oxygen atoms in total. The molecule has 0 aliphatic carbocycles. The second kappa shape index (κ2) is 14.0. The van der Waals surface area contributed by atoms with Crippen molar-refractivity contribution >= 4 is 17.9 Å². The molecule has 40 heavy (non-hydrogen) atoms. The fourth-order valence-corrected chi connectivity index (χ4v) is 4.21. The number of ether oxygens (including phenoxy) is 1. The molecule has 0 heterocycles. The van der Waals surface area contributed by atoms with E-state index in [1.54, 1.807) is 39.0 Å². The number of hydrogen-bond donors (Lipinski definition) is 3. The van der Waals surface area contributed by atoms with Crippen LogP contribution in [-0.2, 0) is 27.3 Å². The van der Waals surface area contributed by atoms with Gasteiger partial charge in [0.15, 0.2) is 0 Å². The molecule has 2 unspecified atom stereocenters. The topological polar surface area (TPSA) is 108 Å². The Morgan fingerprint density at radius 2 is 1.50 bits per heavy atom. The molecule has 0 aliphatic heterocycles. The first-order valence-electron chi connectivity index (χ1n) is 13.1. The van der Waals surface area contributed by atoms with Gasteiger partial charge in [0, 0.05) is 25.1 Å². The molecule has 3 aromatic rings. The molecule has 0 spiro atoms. The molecule has 210 valence electrons. The molecule has 3 aromatic carbocycles. The Kier molecular flexibility index (Phi) is 10.5. The first-order chi connectivity index (χ1) is 19.1. The van der Waals surface area contributed by atoms with E-state index in [2.05, 4.69) is 17.2 Å². The van der Waals surface area contributed by atoms with Gasteiger partial charge in [0.05, 0.1) is 0 Å². The lowest BCUT2D eigenvalue weighted by molar-refractivity contribution is -0.142. The number of benzene rings is 3. The van der Waals surface area contributed by atoms with Crippen molar-refractivity contribution in [3.63, 3.8) is 0 Å². The number of phenolic OH excluding ortho intramolecular Hbond substituents is 1. The third-order valence-electron chi connectivity index (χ3n) is 5.98. The fraction of sp³-hybridized carbons (Fsp3) is 0.281. The van der Waals surface area contributed by atoms with E-state index in [4.69, 9.17) is 4.74 Å². The highest BCUT2D eigenvalue weighted by atomic mass is 16.6. The van der Waals surface area contributed by atoms with Crippen LogP contribution in [0.3, 0.4) is 0 Å². The number of aromatic hydroxyl groups is 1. The standard InChI is InChI=1S/C32H37N3O5/c1-5-20-35(30(38)26(21-23-14-8-6-9-15-23)34-31(39)40-32(2,3)4)28(25-18-12-13-19-27(25)36)29(37)33-22-24-16-10-7-11-17-24/h5-19,26,28,36H,1,20-22H2,2-4H3,(H,33,37)(H,34,39). The Hall–Kier alpha value is -4.59. The van der Waals surface area contributed by atoms with Gasteiger partial charge in [-0.3, -0.25) is 9.59 Å². The maximum absolute atomic E-state index is 14.2. The summed E-state index contributed by atoms with van der Waals surface area (Å²) in [6.45, 7) is 9.19. The van der Waals surface area contributed by atoms with Crippen LogP contribution in [0.1, 0.15) is 43.5 Å². The number of phenols is 1. The van der Waals surface area contributed by atoms with Crippen molar-refractivity contribution < 1.29 is 24.2 Å². The Morgan fingerprint density at radius 1 is 0.925 bits per heavy atom. The zero-order chi connectivity index (χ0) is 29.1. The van der Waals surface area contributed by atoms with Crippen LogP contribution >= 0.6 is 0 Å². The molecule has 3 rings (SSSR count). The van der Waals surface area contributed by atoms with Crippen molar-refractivity contribution in [2.24, 2.45) is 0 Å². The minimum Gasteiger partial charge on any atom is -0.508 e. The summed E-state index contributed by atoms with van der Waals surface area (Å²) in [5, 5.41) is 16.3. The molecule has 3 N–H and O–H groups in total. The average Bonchev–Trinajstić information content (AvgIpc) is 2.92. The minimum absolute atomic E-state index is 0.0160. The number of carbonyl (C=O) groups is 3. The Balaban J connectivity index is 1.99. The van der Waals surface area contributed by atoms with E-state index < -0.39 is 35.6 Å². The lowest BCUT2D eigenvalue weighted by atomic mass is 9.99. The number of nitrogens with zero attached hydrogens (tertiary/aromatic N) is 1. The van der Waals surface area contributed by atoms with E-state index in [0.717, 1.165) is 11.1 Å². The van der Waals surface area contributed by atoms with E-state index >= 15 is 0 Å². The highest BCUT2D eigenvalue weighted by molar-refractivity contribution is 5.92. The number of rotatable bonds is 11. The molecule has 2 atom stereocenters. The van der Waals surface area contributed by atoms with Gasteiger partial charge in [-0.2, -0.15) is 0 Å². The largest absolute Gasteiger partial charge is 0.508 e. The summed E-state index contributed by atoms with van der Waals surface area (Å²) in [6.07, 6.45) is 0.904. The number of amides is 3. The van der Waals surface area contributed by atoms with Gasteiger partial charge in [0.1, 0.15) is 23.4 Å².